The van der Waals surface area contributed by atoms with Crippen LogP contribution in [-0.2, 0) is 6.42 Å². The van der Waals surface area contributed by atoms with Crippen molar-refractivity contribution in [1.82, 2.24) is 4.98 Å². The van der Waals surface area contributed by atoms with Crippen molar-refractivity contribution >= 4 is 0 Å². The van der Waals surface area contributed by atoms with Crippen molar-refractivity contribution in [2.75, 3.05) is 0 Å². The lowest BCUT2D eigenvalue weighted by molar-refractivity contribution is 0.0699. The summed E-state index contributed by atoms with van der Waals surface area (Å²) < 4.78 is 0. The number of hydrogen-bond donors (Lipinski definition) is 2. The molecule has 0 fully saturated rings. The van der Waals surface area contributed by atoms with Crippen LogP contribution in [0.5, 0.6) is 0 Å². The maximum absolute atomic E-state index is 9.70. The summed E-state index contributed by atoms with van der Waals surface area (Å²) in [6.45, 7) is 0. The van der Waals surface area contributed by atoms with Crippen LogP contribution in [0.4, 0.5) is 0 Å². The molecule has 78 valence electrons. The Morgan fingerprint density at radius 1 is 1.27 bits per heavy atom. The first-order chi connectivity index (χ1) is 7.27. The van der Waals surface area contributed by atoms with E-state index >= 15 is 0 Å². The van der Waals surface area contributed by atoms with Gasteiger partial charge in [-0.25, -0.2) is 0 Å². The average molecular weight is 203 g/mol. The molecule has 0 amide bonds. The second-order valence-corrected chi connectivity index (χ2v) is 3.56. The molecular formula is C12H13NO2. The number of rotatable bonds is 2. The molecule has 0 saturated heterocycles. The molecular weight excluding hydrogens is 190 g/mol. The smallest absolute Gasteiger partial charge is 0.105 e. The summed E-state index contributed by atoms with van der Waals surface area (Å²) in [5.41, 5.74) is 1.69. The van der Waals surface area contributed by atoms with Crippen molar-refractivity contribution in [3.8, 4) is 0 Å². The molecule has 0 unspecified atom stereocenters. The van der Waals surface area contributed by atoms with Crippen molar-refractivity contribution in [3.05, 3.63) is 53.9 Å². The van der Waals surface area contributed by atoms with Crippen LogP contribution in [0.3, 0.4) is 0 Å². The standard InChI is InChI=1S/C12H13NO2/c14-11-6-3-4-9(12(11)15)8-10-5-1-2-7-13-10/h1-7,11-12,14-15H,8H2/t11-,12+/m0/s1. The minimum atomic E-state index is -0.808. The first-order valence-corrected chi connectivity index (χ1v) is 4.90. The van der Waals surface area contributed by atoms with Crippen molar-refractivity contribution in [3.63, 3.8) is 0 Å². The highest BCUT2D eigenvalue weighted by Gasteiger charge is 2.20. The number of aromatic nitrogens is 1. The van der Waals surface area contributed by atoms with Gasteiger partial charge in [0, 0.05) is 18.3 Å². The summed E-state index contributed by atoms with van der Waals surface area (Å²) in [6, 6.07) is 5.66. The van der Waals surface area contributed by atoms with Gasteiger partial charge in [-0.1, -0.05) is 24.3 Å². The van der Waals surface area contributed by atoms with Gasteiger partial charge in [0.05, 0.1) is 0 Å². The number of hydrogen-bond acceptors (Lipinski definition) is 3. The lowest BCUT2D eigenvalue weighted by Gasteiger charge is -2.20. The summed E-state index contributed by atoms with van der Waals surface area (Å²) in [5.74, 6) is 0. The molecule has 1 aromatic heterocycles. The molecule has 1 aliphatic carbocycles. The lowest BCUT2D eigenvalue weighted by atomic mass is 9.95. The van der Waals surface area contributed by atoms with E-state index in [1.165, 1.54) is 0 Å². The molecule has 0 radical (unpaired) electrons. The van der Waals surface area contributed by atoms with Gasteiger partial charge in [-0.15, -0.1) is 0 Å². The molecule has 0 aromatic carbocycles. The average Bonchev–Trinajstić information content (AvgIpc) is 2.26. The Kier molecular flexibility index (Phi) is 2.94. The lowest BCUT2D eigenvalue weighted by Crippen LogP contribution is -2.28. The maximum Gasteiger partial charge on any atom is 0.105 e. The van der Waals surface area contributed by atoms with Gasteiger partial charge < -0.3 is 10.2 Å². The number of allylic oxidation sites excluding steroid dienone is 2. The highest BCUT2D eigenvalue weighted by molar-refractivity contribution is 5.28. The second-order valence-electron chi connectivity index (χ2n) is 3.56. The van der Waals surface area contributed by atoms with Crippen LogP contribution in [0.15, 0.2) is 48.2 Å². The van der Waals surface area contributed by atoms with Gasteiger partial charge in [-0.2, -0.15) is 0 Å². The molecule has 2 atom stereocenters. The van der Waals surface area contributed by atoms with Crippen molar-refractivity contribution < 1.29 is 10.2 Å². The molecule has 0 spiro atoms. The van der Waals surface area contributed by atoms with Gasteiger partial charge in [0.1, 0.15) is 12.2 Å². The van der Waals surface area contributed by atoms with E-state index in [2.05, 4.69) is 4.98 Å². The third-order valence-corrected chi connectivity index (χ3v) is 2.43. The second kappa shape index (κ2) is 4.38. The Bertz CT molecular complexity index is 384. The van der Waals surface area contributed by atoms with Crippen LogP contribution in [-0.4, -0.2) is 27.4 Å². The Morgan fingerprint density at radius 2 is 2.13 bits per heavy atom. The molecule has 2 rings (SSSR count). The summed E-state index contributed by atoms with van der Waals surface area (Å²) in [7, 11) is 0. The van der Waals surface area contributed by atoms with Gasteiger partial charge in [0.2, 0.25) is 0 Å². The Balaban J connectivity index is 2.13. The highest BCUT2D eigenvalue weighted by atomic mass is 16.3. The summed E-state index contributed by atoms with van der Waals surface area (Å²) in [5, 5.41) is 19.1. The van der Waals surface area contributed by atoms with E-state index in [1.807, 2.05) is 24.3 Å². The van der Waals surface area contributed by atoms with Crippen molar-refractivity contribution in [1.29, 1.82) is 0 Å². The molecule has 1 aliphatic rings. The highest BCUT2D eigenvalue weighted by Crippen LogP contribution is 2.17. The van der Waals surface area contributed by atoms with E-state index in [-0.39, 0.29) is 0 Å². The first kappa shape index (κ1) is 10.1. The quantitative estimate of drug-likeness (QED) is 0.749. The van der Waals surface area contributed by atoms with Crippen LogP contribution < -0.4 is 0 Å². The topological polar surface area (TPSA) is 53.4 Å². The van der Waals surface area contributed by atoms with Gasteiger partial charge >= 0.3 is 0 Å². The number of aliphatic hydroxyl groups is 2. The predicted octanol–water partition coefficient (Wildman–Crippen LogP) is 0.842. The van der Waals surface area contributed by atoms with Crippen LogP contribution >= 0.6 is 0 Å². The molecule has 2 N–H and O–H groups in total. The molecule has 3 nitrogen and oxygen atoms in total. The zero-order valence-corrected chi connectivity index (χ0v) is 8.24. The Hall–Kier alpha value is -1.45. The Morgan fingerprint density at radius 3 is 2.87 bits per heavy atom. The predicted molar refractivity (Wildman–Crippen MR) is 57.2 cm³/mol. The van der Waals surface area contributed by atoms with Crippen LogP contribution in [0, 0.1) is 0 Å². The van der Waals surface area contributed by atoms with E-state index in [0.717, 1.165) is 11.3 Å². The fraction of sp³-hybridized carbons (Fsp3) is 0.250. The molecule has 0 aliphatic heterocycles. The van der Waals surface area contributed by atoms with E-state index < -0.39 is 12.2 Å². The third kappa shape index (κ3) is 2.32. The molecule has 1 heterocycles. The molecule has 0 bridgehead atoms. The molecule has 3 heteroatoms. The summed E-state index contributed by atoms with van der Waals surface area (Å²) >= 11 is 0. The van der Waals surface area contributed by atoms with Crippen LogP contribution in [0.2, 0.25) is 0 Å². The number of nitrogens with zero attached hydrogens (tertiary/aromatic N) is 1. The monoisotopic (exact) mass is 203 g/mol. The number of aliphatic hydroxyl groups excluding tert-OH is 2. The van der Waals surface area contributed by atoms with Gasteiger partial charge in [-0.3, -0.25) is 4.98 Å². The minimum absolute atomic E-state index is 0.573. The first-order valence-electron chi connectivity index (χ1n) is 4.90. The van der Waals surface area contributed by atoms with Gasteiger partial charge in [-0.05, 0) is 17.7 Å². The Labute approximate surface area is 88.4 Å². The van der Waals surface area contributed by atoms with Gasteiger partial charge in [0.15, 0.2) is 0 Å². The number of pyridine rings is 1. The summed E-state index contributed by atoms with van der Waals surface area (Å²) in [6.07, 6.45) is 5.85. The molecule has 1 aromatic rings. The fourth-order valence-electron chi connectivity index (χ4n) is 1.59. The van der Waals surface area contributed by atoms with E-state index in [9.17, 15) is 10.2 Å². The van der Waals surface area contributed by atoms with Crippen molar-refractivity contribution in [2.24, 2.45) is 0 Å². The zero-order valence-electron chi connectivity index (χ0n) is 8.24. The summed E-state index contributed by atoms with van der Waals surface area (Å²) in [4.78, 5) is 4.17. The van der Waals surface area contributed by atoms with Crippen LogP contribution in [0.1, 0.15) is 5.69 Å². The maximum atomic E-state index is 9.70. The normalized spacial score (nSPS) is 25.1. The van der Waals surface area contributed by atoms with E-state index in [0.29, 0.717) is 6.42 Å². The van der Waals surface area contributed by atoms with Crippen molar-refractivity contribution in [2.45, 2.75) is 18.6 Å². The van der Waals surface area contributed by atoms with Gasteiger partial charge in [0.25, 0.3) is 0 Å². The molecule has 0 saturated carbocycles. The molecule has 15 heavy (non-hydrogen) atoms. The SMILES string of the molecule is O[C@@H]1C(Cc2ccccn2)=CC=C[C@@H]1O. The van der Waals surface area contributed by atoms with E-state index in [4.69, 9.17) is 0 Å². The zero-order chi connectivity index (χ0) is 10.7. The third-order valence-electron chi connectivity index (χ3n) is 2.43. The fourth-order valence-corrected chi connectivity index (χ4v) is 1.59. The van der Waals surface area contributed by atoms with E-state index in [1.54, 1.807) is 18.3 Å². The minimum Gasteiger partial charge on any atom is -0.386 e. The largest absolute Gasteiger partial charge is 0.386 e. The van der Waals surface area contributed by atoms with Crippen LogP contribution in [0.25, 0.3) is 0 Å².